The van der Waals surface area contributed by atoms with Crippen LogP contribution in [0.2, 0.25) is 0 Å². The third-order valence-corrected chi connectivity index (χ3v) is 4.91. The third kappa shape index (κ3) is 3.20. The van der Waals surface area contributed by atoms with E-state index >= 15 is 0 Å². The van der Waals surface area contributed by atoms with Crippen molar-refractivity contribution in [3.63, 3.8) is 0 Å². The van der Waals surface area contributed by atoms with Gasteiger partial charge in [0.15, 0.2) is 11.5 Å². The van der Waals surface area contributed by atoms with E-state index in [0.29, 0.717) is 31.0 Å². The molecule has 0 aromatic heterocycles. The molecule has 1 aromatic rings. The highest BCUT2D eigenvalue weighted by Crippen LogP contribution is 2.43. The molecule has 3 atom stereocenters. The van der Waals surface area contributed by atoms with Crippen molar-refractivity contribution in [1.29, 1.82) is 0 Å². The molecule has 0 saturated carbocycles. The Morgan fingerprint density at radius 1 is 1.48 bits per heavy atom. The monoisotopic (exact) mass is 324 g/mol. The average molecular weight is 324 g/mol. The van der Waals surface area contributed by atoms with Gasteiger partial charge < -0.3 is 14.6 Å². The second kappa shape index (κ2) is 6.70. The minimum atomic E-state index is -2.73. The first-order valence-electron chi connectivity index (χ1n) is 10.8. The normalized spacial score (nSPS) is 34.4. The molecule has 0 spiro atoms. The Morgan fingerprint density at radius 2 is 2.30 bits per heavy atom. The first-order valence-corrected chi connectivity index (χ1v) is 8.29. The highest BCUT2D eigenvalue weighted by molar-refractivity contribution is 5.49. The summed E-state index contributed by atoms with van der Waals surface area (Å²) in [5.74, 6) is 0.551. The summed E-state index contributed by atoms with van der Waals surface area (Å²) in [7, 11) is -1.32. The second-order valence-electron chi connectivity index (χ2n) is 6.97. The predicted octanol–water partition coefficient (Wildman–Crippen LogP) is 3.03. The number of rotatable bonds is 4. The molecule has 128 valence electrons. The lowest BCUT2D eigenvalue weighted by atomic mass is 9.79. The molecule has 2 heterocycles. The number of benzene rings is 1. The third-order valence-electron chi connectivity index (χ3n) is 4.91. The van der Waals surface area contributed by atoms with Crippen LogP contribution in [0.3, 0.4) is 0 Å². The second-order valence-corrected chi connectivity index (χ2v) is 6.97. The fourth-order valence-electron chi connectivity index (χ4n) is 3.82. The number of aliphatic hydroxyl groups excluding tert-OH is 1. The maximum absolute atomic E-state index is 10.7. The lowest BCUT2D eigenvalue weighted by Gasteiger charge is -2.46. The molecule has 4 nitrogen and oxygen atoms in total. The number of aliphatic hydroxyl groups is 1. The van der Waals surface area contributed by atoms with Gasteiger partial charge in [0.1, 0.15) is 0 Å². The zero-order valence-corrected chi connectivity index (χ0v) is 14.1. The molecule has 23 heavy (non-hydrogen) atoms. The summed E-state index contributed by atoms with van der Waals surface area (Å²) < 4.78 is 50.4. The zero-order valence-electron chi connectivity index (χ0n) is 19.1. The summed E-state index contributed by atoms with van der Waals surface area (Å²) in [5.41, 5.74) is 1.20. The van der Waals surface area contributed by atoms with Gasteiger partial charge in [-0.3, -0.25) is 4.90 Å². The largest absolute Gasteiger partial charge is 0.493 e. The number of methoxy groups -OCH3 is 2. The minimum absolute atomic E-state index is 0.0885. The lowest BCUT2D eigenvalue weighted by molar-refractivity contribution is -0.0191. The molecule has 2 aliphatic heterocycles. The smallest absolute Gasteiger partial charge is 0.161 e. The van der Waals surface area contributed by atoms with Crippen LogP contribution in [-0.4, -0.2) is 43.3 Å². The number of nitrogens with zero attached hydrogens (tertiary/aromatic N) is 1. The lowest BCUT2D eigenvalue weighted by Crippen LogP contribution is -2.48. The number of hydrogen-bond donors (Lipinski definition) is 1. The molecule has 0 amide bonds. The van der Waals surface area contributed by atoms with E-state index in [1.165, 1.54) is 7.11 Å². The van der Waals surface area contributed by atoms with Crippen molar-refractivity contribution < 1.29 is 21.4 Å². The van der Waals surface area contributed by atoms with Gasteiger partial charge >= 0.3 is 0 Å². The Hall–Kier alpha value is -1.26. The molecule has 3 rings (SSSR count). The van der Waals surface area contributed by atoms with Crippen LogP contribution in [-0.2, 0) is 6.42 Å². The SMILES string of the molecule is [2H]c1c(OC([2H])([2H])[2H])c(OC)cc2c1C1([2H])CC(O)C(CC(C)C)CN1CC2. The maximum atomic E-state index is 10.7. The van der Waals surface area contributed by atoms with Gasteiger partial charge in [0, 0.05) is 19.1 Å². The maximum Gasteiger partial charge on any atom is 0.161 e. The number of fused-ring (bicyclic) bond motifs is 3. The van der Waals surface area contributed by atoms with Crippen molar-refractivity contribution in [2.45, 2.75) is 45.2 Å². The van der Waals surface area contributed by atoms with Crippen LogP contribution in [0.15, 0.2) is 12.1 Å². The van der Waals surface area contributed by atoms with Crippen LogP contribution in [0.5, 0.6) is 11.5 Å². The summed E-state index contributed by atoms with van der Waals surface area (Å²) in [6, 6.07) is 0.255. The van der Waals surface area contributed by atoms with Gasteiger partial charge in [-0.1, -0.05) is 13.8 Å². The molecule has 1 saturated heterocycles. The Kier molecular flexibility index (Phi) is 3.30. The predicted molar refractivity (Wildman–Crippen MR) is 91.1 cm³/mol. The quantitative estimate of drug-likeness (QED) is 0.924. The molecule has 4 heteroatoms. The van der Waals surface area contributed by atoms with Gasteiger partial charge in [-0.05, 0) is 54.3 Å². The van der Waals surface area contributed by atoms with Gasteiger partial charge in [-0.15, -0.1) is 0 Å². The summed E-state index contributed by atoms with van der Waals surface area (Å²) in [5, 5.41) is 10.7. The Bertz CT molecular complexity index is 739. The highest BCUT2D eigenvalue weighted by Gasteiger charge is 2.38. The van der Waals surface area contributed by atoms with Crippen LogP contribution < -0.4 is 9.47 Å². The van der Waals surface area contributed by atoms with Gasteiger partial charge in [-0.2, -0.15) is 0 Å². The molecular formula is C19H29NO3. The van der Waals surface area contributed by atoms with Gasteiger partial charge in [0.2, 0.25) is 0 Å². The van der Waals surface area contributed by atoms with Gasteiger partial charge in [0.25, 0.3) is 0 Å². The van der Waals surface area contributed by atoms with Crippen molar-refractivity contribution in [2.75, 3.05) is 27.2 Å². The van der Waals surface area contributed by atoms with E-state index in [0.717, 1.165) is 12.0 Å². The highest BCUT2D eigenvalue weighted by atomic mass is 16.5. The van der Waals surface area contributed by atoms with Crippen molar-refractivity contribution >= 4 is 0 Å². The van der Waals surface area contributed by atoms with Crippen molar-refractivity contribution in [1.82, 2.24) is 4.90 Å². The zero-order chi connectivity index (χ0) is 20.9. The molecular weight excluding hydrogens is 290 g/mol. The summed E-state index contributed by atoms with van der Waals surface area (Å²) in [6.07, 6.45) is 1.06. The van der Waals surface area contributed by atoms with E-state index in [9.17, 15) is 5.11 Å². The first-order chi connectivity index (χ1) is 13.0. The van der Waals surface area contributed by atoms with Crippen molar-refractivity contribution in [3.8, 4) is 11.5 Å². The van der Waals surface area contributed by atoms with E-state index < -0.39 is 19.2 Å². The molecule has 0 bridgehead atoms. The van der Waals surface area contributed by atoms with Crippen LogP contribution in [0.4, 0.5) is 0 Å². The van der Waals surface area contributed by atoms with E-state index in [1.54, 1.807) is 6.07 Å². The molecule has 0 radical (unpaired) electrons. The fourth-order valence-corrected chi connectivity index (χ4v) is 3.82. The summed E-state index contributed by atoms with van der Waals surface area (Å²) in [4.78, 5) is 2.01. The summed E-state index contributed by atoms with van der Waals surface area (Å²) >= 11 is 0. The van der Waals surface area contributed by atoms with E-state index in [2.05, 4.69) is 13.8 Å². The summed E-state index contributed by atoms with van der Waals surface area (Å²) in [6.45, 7) is 5.48. The Balaban J connectivity index is 2.05. The number of piperidine rings is 1. The number of ether oxygens (including phenoxy) is 2. The standard InChI is InChI=1S/C19H29NO3/c1-12(2)7-14-11-20-6-5-13-8-18(22-3)19(23-4)9-15(13)16(20)10-17(14)21/h8-9,12,14,16-17,21H,5-7,10-11H2,1-4H3/i4D3,9D,16D. The van der Waals surface area contributed by atoms with Crippen molar-refractivity contribution in [2.24, 2.45) is 11.8 Å². The van der Waals surface area contributed by atoms with Crippen LogP contribution in [0, 0.1) is 11.8 Å². The van der Waals surface area contributed by atoms with Crippen LogP contribution in [0.25, 0.3) is 0 Å². The average Bonchev–Trinajstić information content (AvgIpc) is 2.56. The topological polar surface area (TPSA) is 41.9 Å². The molecule has 1 N–H and O–H groups in total. The van der Waals surface area contributed by atoms with Gasteiger partial charge in [-0.25, -0.2) is 0 Å². The fraction of sp³-hybridized carbons (Fsp3) is 0.684. The molecule has 3 unspecified atom stereocenters. The first kappa shape index (κ1) is 11.3. The minimum Gasteiger partial charge on any atom is -0.493 e. The molecule has 1 aromatic carbocycles. The number of hydrogen-bond acceptors (Lipinski definition) is 4. The van der Waals surface area contributed by atoms with Crippen molar-refractivity contribution in [3.05, 3.63) is 23.2 Å². The molecule has 1 fully saturated rings. The van der Waals surface area contributed by atoms with E-state index in [1.807, 2.05) is 4.90 Å². The van der Waals surface area contributed by atoms with E-state index in [4.69, 9.17) is 16.3 Å². The molecule has 2 aliphatic rings. The van der Waals surface area contributed by atoms with Crippen LogP contribution >= 0.6 is 0 Å². The molecule has 0 aliphatic carbocycles. The Labute approximate surface area is 146 Å². The Morgan fingerprint density at radius 3 is 3.00 bits per heavy atom. The van der Waals surface area contributed by atoms with E-state index in [-0.39, 0.29) is 29.9 Å². The van der Waals surface area contributed by atoms with Crippen LogP contribution in [0.1, 0.15) is 50.7 Å². The van der Waals surface area contributed by atoms with Gasteiger partial charge in [0.05, 0.1) is 27.1 Å².